The van der Waals surface area contributed by atoms with Crippen LogP contribution in [0.1, 0.15) is 6.92 Å². The normalized spacial score (nSPS) is 11.5. The average Bonchev–Trinajstić information content (AvgIpc) is 2.58. The lowest BCUT2D eigenvalue weighted by Gasteiger charge is -2.05. The lowest BCUT2D eigenvalue weighted by molar-refractivity contribution is -0.144. The number of Topliss-reactive ketones (excluding diaryl/α,β-unsaturated/α-hetero) is 1. The number of nitriles is 1. The number of ketones is 1. The molecule has 0 saturated carbocycles. The maximum atomic E-state index is 11.7. The molecule has 0 bridgehead atoms. The molecule has 0 radical (unpaired) electrons. The first-order chi connectivity index (χ1) is 11.5. The predicted octanol–water partition coefficient (Wildman–Crippen LogP) is 2.80. The van der Waals surface area contributed by atoms with Crippen molar-refractivity contribution in [1.29, 1.82) is 5.26 Å². The van der Waals surface area contributed by atoms with Crippen molar-refractivity contribution < 1.29 is 14.3 Å². The van der Waals surface area contributed by atoms with Gasteiger partial charge in [0.1, 0.15) is 11.6 Å². The minimum absolute atomic E-state index is 0.0822. The van der Waals surface area contributed by atoms with Crippen LogP contribution in [0.25, 0.3) is 10.8 Å². The molecule has 0 heterocycles. The van der Waals surface area contributed by atoms with Gasteiger partial charge in [0.15, 0.2) is 6.61 Å². The van der Waals surface area contributed by atoms with Crippen molar-refractivity contribution in [1.82, 2.24) is 0 Å². The van der Waals surface area contributed by atoms with Crippen LogP contribution in [0.5, 0.6) is 0 Å². The fourth-order valence-electron chi connectivity index (χ4n) is 2.03. The zero-order valence-electron chi connectivity index (χ0n) is 13.1. The van der Waals surface area contributed by atoms with Crippen molar-refractivity contribution in [2.24, 2.45) is 5.73 Å². The molecule has 0 fully saturated rings. The van der Waals surface area contributed by atoms with Gasteiger partial charge in [0, 0.05) is 10.6 Å². The highest BCUT2D eigenvalue weighted by Gasteiger charge is 2.14. The summed E-state index contributed by atoms with van der Waals surface area (Å²) in [6.07, 6.45) is 0. The highest BCUT2D eigenvalue weighted by atomic mass is 32.2. The maximum Gasteiger partial charge on any atom is 0.316 e. The Hall–Kier alpha value is -2.78. The predicted molar refractivity (Wildman–Crippen MR) is 93.1 cm³/mol. The van der Waals surface area contributed by atoms with E-state index in [1.165, 1.54) is 18.7 Å². The van der Waals surface area contributed by atoms with Gasteiger partial charge < -0.3 is 10.5 Å². The number of carbonyl (C=O) groups excluding carboxylic acids is 2. The Morgan fingerprint density at radius 2 is 1.92 bits per heavy atom. The molecule has 0 unspecified atom stereocenters. The molecule has 2 aromatic rings. The van der Waals surface area contributed by atoms with E-state index in [2.05, 4.69) is 0 Å². The first-order valence-corrected chi connectivity index (χ1v) is 8.16. The van der Waals surface area contributed by atoms with Crippen LogP contribution < -0.4 is 5.73 Å². The first-order valence-electron chi connectivity index (χ1n) is 7.18. The van der Waals surface area contributed by atoms with Gasteiger partial charge in [0.25, 0.3) is 0 Å². The summed E-state index contributed by atoms with van der Waals surface area (Å²) in [5.41, 5.74) is 5.37. The molecule has 0 saturated heterocycles. The number of rotatable bonds is 6. The van der Waals surface area contributed by atoms with Crippen LogP contribution in [0.4, 0.5) is 0 Å². The fourth-order valence-corrected chi connectivity index (χ4v) is 2.77. The van der Waals surface area contributed by atoms with Gasteiger partial charge in [-0.3, -0.25) is 9.59 Å². The van der Waals surface area contributed by atoms with E-state index in [0.717, 1.165) is 15.7 Å². The van der Waals surface area contributed by atoms with Crippen LogP contribution in [0.3, 0.4) is 0 Å². The van der Waals surface area contributed by atoms with Gasteiger partial charge in [0.05, 0.1) is 5.75 Å². The topological polar surface area (TPSA) is 93.2 Å². The molecule has 0 aliphatic heterocycles. The van der Waals surface area contributed by atoms with Gasteiger partial charge in [-0.25, -0.2) is 0 Å². The minimum Gasteiger partial charge on any atom is -0.457 e. The second-order valence-electron chi connectivity index (χ2n) is 5.05. The number of nitrogens with two attached hydrogens (primary N) is 1. The van der Waals surface area contributed by atoms with Crippen LogP contribution in [-0.2, 0) is 14.3 Å². The van der Waals surface area contributed by atoms with E-state index in [1.807, 2.05) is 42.5 Å². The highest BCUT2D eigenvalue weighted by Crippen LogP contribution is 2.23. The summed E-state index contributed by atoms with van der Waals surface area (Å²) in [6.45, 7) is 0.975. The second kappa shape index (κ2) is 8.18. The average molecular weight is 340 g/mol. The summed E-state index contributed by atoms with van der Waals surface area (Å²) >= 11 is 1.33. The Morgan fingerprint density at radius 3 is 2.58 bits per heavy atom. The number of ether oxygens (including phenoxy) is 1. The van der Waals surface area contributed by atoms with Gasteiger partial charge >= 0.3 is 5.97 Å². The molecule has 0 aliphatic rings. The monoisotopic (exact) mass is 340 g/mol. The van der Waals surface area contributed by atoms with Crippen LogP contribution in [-0.4, -0.2) is 24.1 Å². The van der Waals surface area contributed by atoms with Crippen LogP contribution in [0, 0.1) is 11.3 Å². The molecule has 24 heavy (non-hydrogen) atoms. The van der Waals surface area contributed by atoms with Crippen LogP contribution in [0.2, 0.25) is 0 Å². The molecule has 2 rings (SSSR count). The largest absolute Gasteiger partial charge is 0.457 e. The van der Waals surface area contributed by atoms with Gasteiger partial charge in [-0.1, -0.05) is 30.3 Å². The number of carbonyl (C=O) groups is 2. The highest BCUT2D eigenvalue weighted by molar-refractivity contribution is 8.00. The Labute approximate surface area is 144 Å². The molecule has 2 aromatic carbocycles. The van der Waals surface area contributed by atoms with Gasteiger partial charge in [-0.15, -0.1) is 11.8 Å². The minimum atomic E-state index is -0.596. The van der Waals surface area contributed by atoms with Crippen molar-refractivity contribution >= 4 is 34.3 Å². The van der Waals surface area contributed by atoms with Crippen molar-refractivity contribution in [3.05, 3.63) is 53.7 Å². The third-order valence-electron chi connectivity index (χ3n) is 3.23. The van der Waals surface area contributed by atoms with Gasteiger partial charge in [-0.2, -0.15) is 5.26 Å². The third kappa shape index (κ3) is 4.61. The molecular formula is C18H16N2O3S. The van der Waals surface area contributed by atoms with E-state index < -0.39 is 18.4 Å². The molecule has 6 heteroatoms. The number of thioether (sulfide) groups is 1. The zero-order chi connectivity index (χ0) is 17.5. The molecule has 0 aliphatic carbocycles. The summed E-state index contributed by atoms with van der Waals surface area (Å²) in [5.74, 6) is -1.03. The second-order valence-corrected chi connectivity index (χ2v) is 6.10. The van der Waals surface area contributed by atoms with Crippen molar-refractivity contribution in [3.63, 3.8) is 0 Å². The summed E-state index contributed by atoms with van der Waals surface area (Å²) in [7, 11) is 0. The van der Waals surface area contributed by atoms with E-state index >= 15 is 0 Å². The van der Waals surface area contributed by atoms with E-state index in [0.29, 0.717) is 0 Å². The Kier molecular flexibility index (Phi) is 5.99. The molecule has 0 atom stereocenters. The molecule has 0 amide bonds. The number of fused-ring (bicyclic) bond motifs is 1. The number of hydrogen-bond donors (Lipinski definition) is 1. The van der Waals surface area contributed by atoms with E-state index in [9.17, 15) is 9.59 Å². The standard InChI is InChI=1S/C18H16N2O3S/c1-12(20)16(9-19)17(21)10-23-18(22)11-24-15-7-6-13-4-2-3-5-14(13)8-15/h2-8H,10-11,20H2,1H3. The Bertz CT molecular complexity index is 849. The number of esters is 1. The van der Waals surface area contributed by atoms with E-state index in [1.54, 1.807) is 6.07 Å². The summed E-state index contributed by atoms with van der Waals surface area (Å²) < 4.78 is 4.90. The zero-order valence-corrected chi connectivity index (χ0v) is 13.9. The lowest BCUT2D eigenvalue weighted by Crippen LogP contribution is -2.18. The van der Waals surface area contributed by atoms with Gasteiger partial charge in [0.2, 0.25) is 5.78 Å². The molecule has 122 valence electrons. The summed E-state index contributed by atoms with van der Waals surface area (Å²) in [6, 6.07) is 15.6. The SMILES string of the molecule is CC(N)=C(C#N)C(=O)COC(=O)CSc1ccc2ccccc2c1. The quantitative estimate of drug-likeness (QED) is 0.376. The molecule has 0 spiro atoms. The maximum absolute atomic E-state index is 11.7. The fraction of sp³-hybridized carbons (Fsp3) is 0.167. The Morgan fingerprint density at radius 1 is 1.21 bits per heavy atom. The molecule has 2 N–H and O–H groups in total. The molecule has 0 aromatic heterocycles. The number of allylic oxidation sites excluding steroid dienone is 1. The van der Waals surface area contributed by atoms with Gasteiger partial charge in [-0.05, 0) is 29.8 Å². The van der Waals surface area contributed by atoms with Crippen molar-refractivity contribution in [2.75, 3.05) is 12.4 Å². The number of nitrogens with zero attached hydrogens (tertiary/aromatic N) is 1. The number of hydrogen-bond acceptors (Lipinski definition) is 6. The van der Waals surface area contributed by atoms with Crippen molar-refractivity contribution in [2.45, 2.75) is 11.8 Å². The van der Waals surface area contributed by atoms with E-state index in [4.69, 9.17) is 15.7 Å². The first kappa shape index (κ1) is 17.6. The molecule has 5 nitrogen and oxygen atoms in total. The third-order valence-corrected chi connectivity index (χ3v) is 4.19. The summed E-state index contributed by atoms with van der Waals surface area (Å²) in [5, 5.41) is 11.0. The van der Waals surface area contributed by atoms with Crippen LogP contribution >= 0.6 is 11.8 Å². The van der Waals surface area contributed by atoms with Crippen LogP contribution in [0.15, 0.2) is 58.6 Å². The Balaban J connectivity index is 1.87. The summed E-state index contributed by atoms with van der Waals surface area (Å²) in [4.78, 5) is 24.4. The lowest BCUT2D eigenvalue weighted by atomic mass is 10.1. The molecular weight excluding hydrogens is 324 g/mol. The van der Waals surface area contributed by atoms with Crippen molar-refractivity contribution in [3.8, 4) is 6.07 Å². The smallest absolute Gasteiger partial charge is 0.316 e. The van der Waals surface area contributed by atoms with E-state index in [-0.39, 0.29) is 17.0 Å². The number of benzene rings is 2.